The summed E-state index contributed by atoms with van der Waals surface area (Å²) in [7, 11) is 0. The molecule has 1 aliphatic heterocycles. The molecular weight excluding hydrogens is 314 g/mol. The van der Waals surface area contributed by atoms with Crippen LogP contribution in [0.3, 0.4) is 0 Å². The van der Waals surface area contributed by atoms with Crippen molar-refractivity contribution < 1.29 is 9.53 Å². The van der Waals surface area contributed by atoms with Crippen LogP contribution in [0.1, 0.15) is 19.4 Å². The maximum atomic E-state index is 12.6. The third kappa shape index (κ3) is 3.86. The van der Waals surface area contributed by atoms with Gasteiger partial charge in [-0.3, -0.25) is 4.79 Å². The molecule has 1 amide bonds. The standard InChI is InChI=1S/C17H23N3O2.ClH/c1-17(2)11-20(7-8-22-17)16(21)14(18)9-12-10-19-15-6-4-3-5-13(12)15;/h3-6,10,14,19H,7-9,11,18H2,1-2H3;1H/t14-;/m0./s1. The number of carbonyl (C=O) groups excluding carboxylic acids is 1. The van der Waals surface area contributed by atoms with Gasteiger partial charge in [-0.2, -0.15) is 0 Å². The van der Waals surface area contributed by atoms with Gasteiger partial charge in [0.25, 0.3) is 0 Å². The number of benzene rings is 1. The number of ether oxygens (including phenoxy) is 1. The van der Waals surface area contributed by atoms with E-state index in [0.717, 1.165) is 16.5 Å². The molecule has 23 heavy (non-hydrogen) atoms. The van der Waals surface area contributed by atoms with Gasteiger partial charge in [0, 0.05) is 30.2 Å². The summed E-state index contributed by atoms with van der Waals surface area (Å²) in [6.45, 7) is 5.77. The van der Waals surface area contributed by atoms with E-state index in [9.17, 15) is 4.79 Å². The van der Waals surface area contributed by atoms with Crippen molar-refractivity contribution in [2.45, 2.75) is 31.9 Å². The number of morpholine rings is 1. The van der Waals surface area contributed by atoms with Gasteiger partial charge in [0.15, 0.2) is 0 Å². The SMILES string of the molecule is CC1(C)CN(C(=O)[C@@H](N)Cc2c[nH]c3ccccc23)CCO1.Cl. The molecule has 1 aromatic carbocycles. The van der Waals surface area contributed by atoms with Gasteiger partial charge in [0.2, 0.25) is 5.91 Å². The first-order valence-corrected chi connectivity index (χ1v) is 7.70. The number of nitrogens with two attached hydrogens (primary N) is 1. The number of fused-ring (bicyclic) bond motifs is 1. The van der Waals surface area contributed by atoms with E-state index < -0.39 is 6.04 Å². The van der Waals surface area contributed by atoms with Gasteiger partial charge >= 0.3 is 0 Å². The van der Waals surface area contributed by atoms with Crippen LogP contribution in [-0.2, 0) is 16.0 Å². The number of hydrogen-bond acceptors (Lipinski definition) is 3. The lowest BCUT2D eigenvalue weighted by Crippen LogP contribution is -2.55. The Morgan fingerprint density at radius 2 is 2.17 bits per heavy atom. The molecule has 5 nitrogen and oxygen atoms in total. The van der Waals surface area contributed by atoms with Crippen LogP contribution in [0, 0.1) is 0 Å². The second-order valence-electron chi connectivity index (χ2n) is 6.54. The van der Waals surface area contributed by atoms with E-state index in [1.165, 1.54) is 0 Å². The highest BCUT2D eigenvalue weighted by molar-refractivity contribution is 5.86. The molecule has 3 N–H and O–H groups in total. The molecular formula is C17H24ClN3O2. The first-order chi connectivity index (χ1) is 10.5. The number of aromatic nitrogens is 1. The fraction of sp³-hybridized carbons (Fsp3) is 0.471. The summed E-state index contributed by atoms with van der Waals surface area (Å²) >= 11 is 0. The zero-order valence-electron chi connectivity index (χ0n) is 13.5. The highest BCUT2D eigenvalue weighted by Gasteiger charge is 2.32. The molecule has 126 valence electrons. The Morgan fingerprint density at radius 3 is 2.91 bits per heavy atom. The molecule has 0 radical (unpaired) electrons. The molecule has 6 heteroatoms. The zero-order valence-corrected chi connectivity index (χ0v) is 14.4. The van der Waals surface area contributed by atoms with Crippen molar-refractivity contribution in [2.24, 2.45) is 5.73 Å². The molecule has 1 atom stereocenters. The molecule has 1 aliphatic rings. The molecule has 1 fully saturated rings. The maximum Gasteiger partial charge on any atom is 0.240 e. The number of H-pyrrole nitrogens is 1. The summed E-state index contributed by atoms with van der Waals surface area (Å²) < 4.78 is 5.65. The number of rotatable bonds is 3. The number of nitrogens with one attached hydrogen (secondary N) is 1. The molecule has 1 aromatic heterocycles. The first kappa shape index (κ1) is 17.8. The third-order valence-corrected chi connectivity index (χ3v) is 4.17. The minimum absolute atomic E-state index is 0. The number of para-hydroxylation sites is 1. The second-order valence-corrected chi connectivity index (χ2v) is 6.54. The molecule has 0 unspecified atom stereocenters. The predicted octanol–water partition coefficient (Wildman–Crippen LogP) is 2.10. The fourth-order valence-electron chi connectivity index (χ4n) is 3.06. The normalized spacial score (nSPS) is 18.5. The van der Waals surface area contributed by atoms with Gasteiger partial charge in [-0.15, -0.1) is 12.4 Å². The van der Waals surface area contributed by atoms with E-state index in [4.69, 9.17) is 10.5 Å². The van der Waals surface area contributed by atoms with Crippen LogP contribution in [0.2, 0.25) is 0 Å². The lowest BCUT2D eigenvalue weighted by Gasteiger charge is -2.39. The van der Waals surface area contributed by atoms with E-state index in [-0.39, 0.29) is 23.9 Å². The number of amides is 1. The topological polar surface area (TPSA) is 71.3 Å². The molecule has 3 rings (SSSR count). The molecule has 0 spiro atoms. The van der Waals surface area contributed by atoms with Crippen molar-refractivity contribution in [3.8, 4) is 0 Å². The van der Waals surface area contributed by atoms with Crippen LogP contribution in [0.4, 0.5) is 0 Å². The lowest BCUT2D eigenvalue weighted by atomic mass is 10.0. The molecule has 0 bridgehead atoms. The summed E-state index contributed by atoms with van der Waals surface area (Å²) in [6.07, 6.45) is 2.49. The van der Waals surface area contributed by atoms with Crippen LogP contribution in [-0.4, -0.2) is 47.1 Å². The maximum absolute atomic E-state index is 12.6. The number of aromatic amines is 1. The minimum atomic E-state index is -0.520. The van der Waals surface area contributed by atoms with Crippen molar-refractivity contribution in [1.29, 1.82) is 0 Å². The van der Waals surface area contributed by atoms with Crippen molar-refractivity contribution in [1.82, 2.24) is 9.88 Å². The number of carbonyl (C=O) groups is 1. The quantitative estimate of drug-likeness (QED) is 0.901. The Hall–Kier alpha value is -1.56. The van der Waals surface area contributed by atoms with Gasteiger partial charge in [-0.05, 0) is 31.9 Å². The zero-order chi connectivity index (χ0) is 15.7. The Morgan fingerprint density at radius 1 is 1.43 bits per heavy atom. The van der Waals surface area contributed by atoms with E-state index >= 15 is 0 Å². The number of halogens is 1. The van der Waals surface area contributed by atoms with Gasteiger partial charge in [0.1, 0.15) is 0 Å². The minimum Gasteiger partial charge on any atom is -0.372 e. The smallest absolute Gasteiger partial charge is 0.240 e. The Labute approximate surface area is 142 Å². The number of hydrogen-bond donors (Lipinski definition) is 2. The van der Waals surface area contributed by atoms with Crippen LogP contribution in [0.15, 0.2) is 30.5 Å². The molecule has 2 heterocycles. The highest BCUT2D eigenvalue weighted by atomic mass is 35.5. The van der Waals surface area contributed by atoms with Gasteiger partial charge < -0.3 is 20.4 Å². The Bertz CT molecular complexity index is 683. The molecule has 0 saturated carbocycles. The van der Waals surface area contributed by atoms with Crippen LogP contribution in [0.25, 0.3) is 10.9 Å². The Balaban J connectivity index is 0.00000192. The van der Waals surface area contributed by atoms with Gasteiger partial charge in [-0.25, -0.2) is 0 Å². The number of nitrogens with zero attached hydrogens (tertiary/aromatic N) is 1. The third-order valence-electron chi connectivity index (χ3n) is 4.17. The summed E-state index contributed by atoms with van der Waals surface area (Å²) in [6, 6.07) is 7.54. The monoisotopic (exact) mass is 337 g/mol. The van der Waals surface area contributed by atoms with Crippen molar-refractivity contribution >= 4 is 29.2 Å². The summed E-state index contributed by atoms with van der Waals surface area (Å²) in [5, 5.41) is 1.13. The van der Waals surface area contributed by atoms with Crippen molar-refractivity contribution in [2.75, 3.05) is 19.7 Å². The van der Waals surface area contributed by atoms with Gasteiger partial charge in [0.05, 0.1) is 18.2 Å². The van der Waals surface area contributed by atoms with E-state index in [1.54, 1.807) is 0 Å². The first-order valence-electron chi connectivity index (χ1n) is 7.70. The predicted molar refractivity (Wildman–Crippen MR) is 93.8 cm³/mol. The van der Waals surface area contributed by atoms with E-state index in [0.29, 0.717) is 26.1 Å². The lowest BCUT2D eigenvalue weighted by molar-refractivity contribution is -0.147. The largest absolute Gasteiger partial charge is 0.372 e. The highest BCUT2D eigenvalue weighted by Crippen LogP contribution is 2.21. The average Bonchev–Trinajstić information content (AvgIpc) is 2.89. The summed E-state index contributed by atoms with van der Waals surface area (Å²) in [5.41, 5.74) is 8.04. The van der Waals surface area contributed by atoms with E-state index in [2.05, 4.69) is 11.1 Å². The van der Waals surface area contributed by atoms with Crippen LogP contribution >= 0.6 is 12.4 Å². The molecule has 0 aliphatic carbocycles. The molecule has 1 saturated heterocycles. The van der Waals surface area contributed by atoms with Crippen LogP contribution in [0.5, 0.6) is 0 Å². The summed E-state index contributed by atoms with van der Waals surface area (Å²) in [5.74, 6) is 0.00153. The van der Waals surface area contributed by atoms with E-state index in [1.807, 2.05) is 43.1 Å². The molecule has 2 aromatic rings. The second kappa shape index (κ2) is 6.91. The van der Waals surface area contributed by atoms with Gasteiger partial charge in [-0.1, -0.05) is 18.2 Å². The Kier molecular flexibility index (Phi) is 5.34. The van der Waals surface area contributed by atoms with Crippen molar-refractivity contribution in [3.05, 3.63) is 36.0 Å². The fourth-order valence-corrected chi connectivity index (χ4v) is 3.06. The summed E-state index contributed by atoms with van der Waals surface area (Å²) in [4.78, 5) is 17.6. The van der Waals surface area contributed by atoms with Crippen molar-refractivity contribution in [3.63, 3.8) is 0 Å². The average molecular weight is 338 g/mol. The van der Waals surface area contributed by atoms with Crippen LogP contribution < -0.4 is 5.73 Å².